The van der Waals surface area contributed by atoms with Crippen molar-refractivity contribution in [3.05, 3.63) is 64.7 Å². The lowest BCUT2D eigenvalue weighted by Crippen LogP contribution is -2.50. The van der Waals surface area contributed by atoms with E-state index in [0.717, 1.165) is 43.2 Å². The first-order valence-electron chi connectivity index (χ1n) is 13.5. The van der Waals surface area contributed by atoms with E-state index in [9.17, 15) is 18.0 Å². The molecule has 0 aliphatic heterocycles. The van der Waals surface area contributed by atoms with Crippen LogP contribution < -0.4 is 9.62 Å². The van der Waals surface area contributed by atoms with Gasteiger partial charge in [0.1, 0.15) is 6.04 Å². The van der Waals surface area contributed by atoms with Crippen LogP contribution in [-0.2, 0) is 32.6 Å². The van der Waals surface area contributed by atoms with Crippen LogP contribution in [-0.4, -0.2) is 50.0 Å². The summed E-state index contributed by atoms with van der Waals surface area (Å²) < 4.78 is 26.4. The highest BCUT2D eigenvalue weighted by molar-refractivity contribution is 7.92. The highest BCUT2D eigenvalue weighted by Gasteiger charge is 2.28. The number of anilines is 1. The molecule has 0 spiro atoms. The average Bonchev–Trinajstić information content (AvgIpc) is 2.90. The molecule has 0 heterocycles. The third kappa shape index (κ3) is 8.73. The maximum absolute atomic E-state index is 13.5. The van der Waals surface area contributed by atoms with Crippen LogP contribution in [0.2, 0.25) is 5.02 Å². The fraction of sp³-hybridized carbons (Fsp3) is 0.517. The molecule has 0 radical (unpaired) electrons. The van der Waals surface area contributed by atoms with Crippen LogP contribution in [0.5, 0.6) is 0 Å². The number of halogens is 1. The number of nitrogens with zero attached hydrogens (tertiary/aromatic N) is 2. The van der Waals surface area contributed by atoms with Gasteiger partial charge in [-0.2, -0.15) is 0 Å². The van der Waals surface area contributed by atoms with E-state index < -0.39 is 16.1 Å². The monoisotopic (exact) mass is 561 g/mol. The molecule has 0 aromatic heterocycles. The number of carbonyl (C=O) groups is 2. The van der Waals surface area contributed by atoms with Crippen molar-refractivity contribution in [1.82, 2.24) is 10.2 Å². The van der Waals surface area contributed by atoms with Gasteiger partial charge in [-0.25, -0.2) is 8.42 Å². The van der Waals surface area contributed by atoms with Crippen molar-refractivity contribution in [2.24, 2.45) is 0 Å². The Balaban J connectivity index is 1.70. The predicted octanol–water partition coefficient (Wildman–Crippen LogP) is 5.31. The summed E-state index contributed by atoms with van der Waals surface area (Å²) in [4.78, 5) is 28.2. The molecule has 1 aliphatic carbocycles. The molecular formula is C29H40ClN3O4S. The smallest absolute Gasteiger partial charge is 0.242 e. The van der Waals surface area contributed by atoms with Crippen LogP contribution in [0.4, 0.5) is 5.69 Å². The molecule has 3 rings (SSSR count). The zero-order valence-corrected chi connectivity index (χ0v) is 24.2. The Bertz CT molecular complexity index is 1160. The summed E-state index contributed by atoms with van der Waals surface area (Å²) >= 11 is 6.04. The van der Waals surface area contributed by atoms with Gasteiger partial charge in [-0.15, -0.1) is 0 Å². The van der Waals surface area contributed by atoms with E-state index >= 15 is 0 Å². The van der Waals surface area contributed by atoms with Gasteiger partial charge in [0, 0.05) is 30.6 Å². The molecule has 2 aromatic rings. The van der Waals surface area contributed by atoms with Gasteiger partial charge in [-0.05, 0) is 68.0 Å². The highest BCUT2D eigenvalue weighted by atomic mass is 35.5. The molecule has 208 valence electrons. The van der Waals surface area contributed by atoms with E-state index in [1.54, 1.807) is 36.1 Å². The van der Waals surface area contributed by atoms with E-state index in [2.05, 4.69) is 5.32 Å². The lowest BCUT2D eigenvalue weighted by Gasteiger charge is -2.31. The van der Waals surface area contributed by atoms with Crippen LogP contribution in [0.25, 0.3) is 0 Å². The van der Waals surface area contributed by atoms with E-state index in [0.29, 0.717) is 17.1 Å². The molecule has 1 fully saturated rings. The fourth-order valence-corrected chi connectivity index (χ4v) is 5.93. The second-order valence-corrected chi connectivity index (χ2v) is 12.5. The number of aryl methyl sites for hydroxylation is 1. The SMILES string of the molecule is CCc1ccc(N(CCCC(=O)N(Cc2ccc(Cl)cc2)[C@@H](C)C(=O)NC2CCCCC2)S(C)(=O)=O)cc1. The Labute approximate surface area is 232 Å². The lowest BCUT2D eigenvalue weighted by molar-refractivity contribution is -0.141. The molecule has 1 aliphatic rings. The predicted molar refractivity (Wildman–Crippen MR) is 154 cm³/mol. The van der Waals surface area contributed by atoms with Gasteiger partial charge < -0.3 is 10.2 Å². The third-order valence-corrected chi connectivity index (χ3v) is 8.62. The van der Waals surface area contributed by atoms with E-state index in [1.165, 1.54) is 17.0 Å². The molecule has 9 heteroatoms. The first-order valence-corrected chi connectivity index (χ1v) is 15.7. The molecule has 1 atom stereocenters. The number of hydrogen-bond donors (Lipinski definition) is 1. The molecule has 38 heavy (non-hydrogen) atoms. The standard InChI is InChI=1S/C29H40ClN3O4S/c1-4-23-14-18-27(19-15-23)33(38(3,36)37)20-8-11-28(34)32(21-24-12-16-25(30)17-13-24)22(2)29(35)31-26-9-6-5-7-10-26/h12-19,22,26H,4-11,20-21H2,1-3H3,(H,31,35)/t22-/m0/s1. The summed E-state index contributed by atoms with van der Waals surface area (Å²) in [5.41, 5.74) is 2.57. The maximum Gasteiger partial charge on any atom is 0.242 e. The minimum Gasteiger partial charge on any atom is -0.352 e. The molecular weight excluding hydrogens is 522 g/mol. The largest absolute Gasteiger partial charge is 0.352 e. The fourth-order valence-electron chi connectivity index (χ4n) is 4.84. The Morgan fingerprint density at radius 1 is 1.00 bits per heavy atom. The number of benzene rings is 2. The van der Waals surface area contributed by atoms with Crippen molar-refractivity contribution >= 4 is 39.1 Å². The van der Waals surface area contributed by atoms with Crippen LogP contribution in [0, 0.1) is 0 Å². The van der Waals surface area contributed by atoms with Crippen molar-refractivity contribution in [2.75, 3.05) is 17.1 Å². The molecule has 0 saturated heterocycles. The maximum atomic E-state index is 13.5. The van der Waals surface area contributed by atoms with Gasteiger partial charge >= 0.3 is 0 Å². The Morgan fingerprint density at radius 2 is 1.61 bits per heavy atom. The van der Waals surface area contributed by atoms with Crippen molar-refractivity contribution in [2.45, 2.75) is 83.8 Å². The summed E-state index contributed by atoms with van der Waals surface area (Å²) in [6, 6.07) is 14.1. The highest BCUT2D eigenvalue weighted by Crippen LogP contribution is 2.21. The molecule has 1 saturated carbocycles. The lowest BCUT2D eigenvalue weighted by atomic mass is 9.95. The molecule has 2 amide bonds. The van der Waals surface area contributed by atoms with Gasteiger partial charge in [-0.3, -0.25) is 13.9 Å². The topological polar surface area (TPSA) is 86.8 Å². The van der Waals surface area contributed by atoms with E-state index in [1.807, 2.05) is 31.2 Å². The third-order valence-electron chi connectivity index (χ3n) is 7.17. The number of hydrogen-bond acceptors (Lipinski definition) is 4. The summed E-state index contributed by atoms with van der Waals surface area (Å²) in [7, 11) is -3.52. The normalized spacial score (nSPS) is 15.1. The minimum atomic E-state index is -3.52. The molecule has 7 nitrogen and oxygen atoms in total. The zero-order chi connectivity index (χ0) is 27.7. The van der Waals surface area contributed by atoms with Gasteiger partial charge in [0.05, 0.1) is 11.9 Å². The number of sulfonamides is 1. The Morgan fingerprint density at radius 3 is 2.18 bits per heavy atom. The number of rotatable bonds is 12. The van der Waals surface area contributed by atoms with E-state index in [4.69, 9.17) is 11.6 Å². The van der Waals surface area contributed by atoms with Crippen molar-refractivity contribution in [3.63, 3.8) is 0 Å². The first-order chi connectivity index (χ1) is 18.1. The van der Waals surface area contributed by atoms with Gasteiger partial charge in [0.2, 0.25) is 21.8 Å². The second kappa shape index (κ2) is 14.0. The quantitative estimate of drug-likeness (QED) is 0.380. The Kier molecular flexibility index (Phi) is 11.0. The molecule has 0 bridgehead atoms. The average molecular weight is 562 g/mol. The number of carbonyl (C=O) groups excluding carboxylic acids is 2. The van der Waals surface area contributed by atoms with Crippen molar-refractivity contribution in [3.8, 4) is 0 Å². The van der Waals surface area contributed by atoms with E-state index in [-0.39, 0.29) is 37.4 Å². The second-order valence-electron chi connectivity index (χ2n) is 10.1. The van der Waals surface area contributed by atoms with Gasteiger partial charge in [0.15, 0.2) is 0 Å². The van der Waals surface area contributed by atoms with Gasteiger partial charge in [0.25, 0.3) is 0 Å². The molecule has 0 unspecified atom stereocenters. The van der Waals surface area contributed by atoms with Crippen molar-refractivity contribution < 1.29 is 18.0 Å². The zero-order valence-electron chi connectivity index (χ0n) is 22.7. The summed E-state index contributed by atoms with van der Waals surface area (Å²) in [5, 5.41) is 3.73. The first kappa shape index (κ1) is 30.0. The van der Waals surface area contributed by atoms with Crippen LogP contribution in [0.15, 0.2) is 48.5 Å². The molecule has 2 aromatic carbocycles. The summed E-state index contributed by atoms with van der Waals surface area (Å²) in [6.07, 6.45) is 7.81. The Hall–Kier alpha value is -2.58. The van der Waals surface area contributed by atoms with Crippen LogP contribution in [0.3, 0.4) is 0 Å². The minimum absolute atomic E-state index is 0.119. The molecule has 1 N–H and O–H groups in total. The summed E-state index contributed by atoms with van der Waals surface area (Å²) in [5.74, 6) is -0.353. The van der Waals surface area contributed by atoms with Crippen molar-refractivity contribution in [1.29, 1.82) is 0 Å². The number of nitrogens with one attached hydrogen (secondary N) is 1. The van der Waals surface area contributed by atoms with Gasteiger partial charge in [-0.1, -0.05) is 62.1 Å². The van der Waals surface area contributed by atoms with Crippen LogP contribution >= 0.6 is 11.6 Å². The van der Waals surface area contributed by atoms with Crippen LogP contribution in [0.1, 0.15) is 69.9 Å². The summed E-state index contributed by atoms with van der Waals surface area (Å²) in [6.45, 7) is 4.24. The number of amides is 2.